The van der Waals surface area contributed by atoms with Gasteiger partial charge in [0.05, 0.1) is 12.5 Å². The quantitative estimate of drug-likeness (QED) is 0.748. The summed E-state index contributed by atoms with van der Waals surface area (Å²) in [5, 5.41) is 0. The molecule has 21 heavy (non-hydrogen) atoms. The molecule has 1 saturated carbocycles. The van der Waals surface area contributed by atoms with Crippen molar-refractivity contribution >= 4 is 11.9 Å². The Bertz CT molecular complexity index is 375. The predicted octanol–water partition coefficient (Wildman–Crippen LogP) is 3.57. The SMILES string of the molecule is CCOC(=O)C1(F)CCCCC(C(=O)OC(C)(C)C)CC1. The highest BCUT2D eigenvalue weighted by Crippen LogP contribution is 2.34. The van der Waals surface area contributed by atoms with Gasteiger partial charge in [-0.3, -0.25) is 4.79 Å². The zero-order chi connectivity index (χ0) is 16.1. The fourth-order valence-electron chi connectivity index (χ4n) is 2.55. The summed E-state index contributed by atoms with van der Waals surface area (Å²) in [6, 6.07) is 0. The molecular formula is C16H27FO4. The summed E-state index contributed by atoms with van der Waals surface area (Å²) in [7, 11) is 0. The van der Waals surface area contributed by atoms with Crippen LogP contribution in [0.5, 0.6) is 0 Å². The van der Waals surface area contributed by atoms with E-state index in [1.54, 1.807) is 6.92 Å². The van der Waals surface area contributed by atoms with Gasteiger partial charge in [0.2, 0.25) is 5.67 Å². The van der Waals surface area contributed by atoms with Crippen molar-refractivity contribution in [3.8, 4) is 0 Å². The molecule has 0 saturated heterocycles. The minimum absolute atomic E-state index is 0.0236. The van der Waals surface area contributed by atoms with Crippen LogP contribution >= 0.6 is 0 Å². The number of rotatable bonds is 3. The van der Waals surface area contributed by atoms with Crippen LogP contribution < -0.4 is 0 Å². The standard InChI is InChI=1S/C16H27FO4/c1-5-20-14(19)16(17)10-7-6-8-12(9-11-16)13(18)21-15(2,3)4/h12H,5-11H2,1-4H3. The third-order valence-electron chi connectivity index (χ3n) is 3.65. The average Bonchev–Trinajstić information content (AvgIpc) is 2.32. The van der Waals surface area contributed by atoms with E-state index < -0.39 is 17.2 Å². The monoisotopic (exact) mass is 302 g/mol. The molecule has 2 unspecified atom stereocenters. The lowest BCUT2D eigenvalue weighted by atomic mass is 9.83. The third kappa shape index (κ3) is 5.64. The molecule has 5 heteroatoms. The molecule has 1 aliphatic rings. The fourth-order valence-corrected chi connectivity index (χ4v) is 2.55. The van der Waals surface area contributed by atoms with Gasteiger partial charge in [0, 0.05) is 0 Å². The molecule has 0 aromatic rings. The summed E-state index contributed by atoms with van der Waals surface area (Å²) in [4.78, 5) is 23.9. The molecule has 0 radical (unpaired) electrons. The second kappa shape index (κ2) is 7.23. The van der Waals surface area contributed by atoms with Crippen LogP contribution in [0.1, 0.15) is 66.2 Å². The number of alkyl halides is 1. The van der Waals surface area contributed by atoms with E-state index >= 15 is 0 Å². The van der Waals surface area contributed by atoms with Gasteiger partial charge in [-0.05, 0) is 59.8 Å². The molecule has 0 aromatic heterocycles. The van der Waals surface area contributed by atoms with Crippen molar-refractivity contribution in [2.75, 3.05) is 6.61 Å². The lowest BCUT2D eigenvalue weighted by Crippen LogP contribution is -2.38. The largest absolute Gasteiger partial charge is 0.464 e. The van der Waals surface area contributed by atoms with Gasteiger partial charge in [-0.1, -0.05) is 6.42 Å². The molecule has 0 aromatic carbocycles. The van der Waals surface area contributed by atoms with Gasteiger partial charge in [-0.2, -0.15) is 0 Å². The molecule has 0 amide bonds. The van der Waals surface area contributed by atoms with Gasteiger partial charge < -0.3 is 9.47 Å². The van der Waals surface area contributed by atoms with Crippen molar-refractivity contribution in [3.05, 3.63) is 0 Å². The van der Waals surface area contributed by atoms with E-state index in [0.29, 0.717) is 19.3 Å². The van der Waals surface area contributed by atoms with E-state index in [4.69, 9.17) is 9.47 Å². The van der Waals surface area contributed by atoms with E-state index in [9.17, 15) is 14.0 Å². The number of esters is 2. The number of carbonyl (C=O) groups is 2. The zero-order valence-corrected chi connectivity index (χ0v) is 13.5. The smallest absolute Gasteiger partial charge is 0.343 e. The van der Waals surface area contributed by atoms with Crippen LogP contribution in [0, 0.1) is 5.92 Å². The molecular weight excluding hydrogens is 275 g/mol. The Morgan fingerprint density at radius 1 is 1.19 bits per heavy atom. The van der Waals surface area contributed by atoms with Gasteiger partial charge in [0.25, 0.3) is 0 Å². The second-order valence-electron chi connectivity index (χ2n) is 6.70. The summed E-state index contributed by atoms with van der Waals surface area (Å²) in [6.45, 7) is 7.26. The van der Waals surface area contributed by atoms with Crippen LogP contribution in [0.2, 0.25) is 0 Å². The summed E-state index contributed by atoms with van der Waals surface area (Å²) in [5.41, 5.74) is -2.51. The Kier molecular flexibility index (Phi) is 6.17. The first-order valence-corrected chi connectivity index (χ1v) is 7.77. The van der Waals surface area contributed by atoms with Crippen molar-refractivity contribution in [2.45, 2.75) is 77.5 Å². The number of hydrogen-bond acceptors (Lipinski definition) is 4. The van der Waals surface area contributed by atoms with Gasteiger partial charge in [-0.15, -0.1) is 0 Å². The van der Waals surface area contributed by atoms with Crippen LogP contribution in [0.25, 0.3) is 0 Å². The maximum atomic E-state index is 14.7. The van der Waals surface area contributed by atoms with Gasteiger partial charge >= 0.3 is 11.9 Å². The molecule has 0 bridgehead atoms. The van der Waals surface area contributed by atoms with Crippen molar-refractivity contribution in [2.24, 2.45) is 5.92 Å². The Morgan fingerprint density at radius 2 is 1.86 bits per heavy atom. The van der Waals surface area contributed by atoms with Gasteiger partial charge in [0.1, 0.15) is 5.60 Å². The van der Waals surface area contributed by atoms with Crippen molar-refractivity contribution in [1.82, 2.24) is 0 Å². The van der Waals surface area contributed by atoms with E-state index in [1.165, 1.54) is 0 Å². The highest BCUT2D eigenvalue weighted by atomic mass is 19.1. The van der Waals surface area contributed by atoms with Gasteiger partial charge in [-0.25, -0.2) is 9.18 Å². The van der Waals surface area contributed by atoms with E-state index in [0.717, 1.165) is 6.42 Å². The number of hydrogen-bond donors (Lipinski definition) is 0. The van der Waals surface area contributed by atoms with E-state index in [-0.39, 0.29) is 31.3 Å². The molecule has 2 atom stereocenters. The average molecular weight is 302 g/mol. The first-order valence-electron chi connectivity index (χ1n) is 7.77. The summed E-state index contributed by atoms with van der Waals surface area (Å²) < 4.78 is 24.9. The number of halogens is 1. The van der Waals surface area contributed by atoms with E-state index in [1.807, 2.05) is 20.8 Å². The van der Waals surface area contributed by atoms with Gasteiger partial charge in [0.15, 0.2) is 0 Å². The minimum atomic E-state index is -1.96. The van der Waals surface area contributed by atoms with Crippen molar-refractivity contribution in [3.63, 3.8) is 0 Å². The molecule has 1 fully saturated rings. The van der Waals surface area contributed by atoms with Crippen LogP contribution in [0.3, 0.4) is 0 Å². The van der Waals surface area contributed by atoms with Crippen LogP contribution in [0.15, 0.2) is 0 Å². The molecule has 0 spiro atoms. The predicted molar refractivity (Wildman–Crippen MR) is 77.5 cm³/mol. The number of ether oxygens (including phenoxy) is 2. The molecule has 0 aliphatic heterocycles. The minimum Gasteiger partial charge on any atom is -0.464 e. The maximum Gasteiger partial charge on any atom is 0.343 e. The first-order chi connectivity index (χ1) is 9.68. The van der Waals surface area contributed by atoms with Crippen LogP contribution in [-0.2, 0) is 19.1 Å². The Hall–Kier alpha value is -1.13. The summed E-state index contributed by atoms with van der Waals surface area (Å²) in [6.07, 6.45) is 2.50. The van der Waals surface area contributed by atoms with Crippen LogP contribution in [0.4, 0.5) is 4.39 Å². The van der Waals surface area contributed by atoms with Crippen LogP contribution in [-0.4, -0.2) is 29.8 Å². The lowest BCUT2D eigenvalue weighted by Gasteiger charge is -2.29. The Balaban J connectivity index is 2.69. The summed E-state index contributed by atoms with van der Waals surface area (Å²) >= 11 is 0. The molecule has 122 valence electrons. The van der Waals surface area contributed by atoms with Crippen molar-refractivity contribution in [1.29, 1.82) is 0 Å². The molecule has 0 heterocycles. The Labute approximate surface area is 126 Å². The highest BCUT2D eigenvalue weighted by molar-refractivity contribution is 5.79. The molecule has 4 nitrogen and oxygen atoms in total. The van der Waals surface area contributed by atoms with Crippen molar-refractivity contribution < 1.29 is 23.5 Å². The Morgan fingerprint density at radius 3 is 2.43 bits per heavy atom. The maximum absolute atomic E-state index is 14.7. The fraction of sp³-hybridized carbons (Fsp3) is 0.875. The lowest BCUT2D eigenvalue weighted by molar-refractivity contribution is -0.164. The van der Waals surface area contributed by atoms with E-state index in [2.05, 4.69) is 0 Å². The normalized spacial score (nSPS) is 27.4. The topological polar surface area (TPSA) is 52.6 Å². The third-order valence-corrected chi connectivity index (χ3v) is 3.65. The zero-order valence-electron chi connectivity index (χ0n) is 13.5. The molecule has 0 N–H and O–H groups in total. The summed E-state index contributed by atoms with van der Waals surface area (Å²) in [5.74, 6) is -1.43. The highest BCUT2D eigenvalue weighted by Gasteiger charge is 2.42. The molecule has 1 rings (SSSR count). The first kappa shape index (κ1) is 17.9. The molecule has 1 aliphatic carbocycles. The number of carbonyl (C=O) groups excluding carboxylic acids is 2. The second-order valence-corrected chi connectivity index (χ2v) is 6.70.